The molecule has 3 unspecified atom stereocenters. The quantitative estimate of drug-likeness (QED) is 0.779. The summed E-state index contributed by atoms with van der Waals surface area (Å²) in [5, 5.41) is 8.96. The average Bonchev–Trinajstić information content (AvgIpc) is 2.87. The third kappa shape index (κ3) is 2.19. The Kier molecular flexibility index (Phi) is 3.18. The van der Waals surface area contributed by atoms with Gasteiger partial charge in [0.1, 0.15) is 5.67 Å². The zero-order valence-electron chi connectivity index (χ0n) is 13.8. The molecule has 6 heteroatoms. The van der Waals surface area contributed by atoms with Crippen molar-refractivity contribution in [3.8, 4) is 0 Å². The van der Waals surface area contributed by atoms with Crippen LogP contribution in [-0.2, 0) is 19.3 Å². The monoisotopic (exact) mass is 340 g/mol. The van der Waals surface area contributed by atoms with Crippen LogP contribution < -0.4 is 0 Å². The van der Waals surface area contributed by atoms with Gasteiger partial charge in [0.25, 0.3) is 0 Å². The summed E-state index contributed by atoms with van der Waals surface area (Å²) in [5.41, 5.74) is -1.02. The largest absolute Gasteiger partial charge is 0.481 e. The molecule has 1 heterocycles. The van der Waals surface area contributed by atoms with Crippen LogP contribution in [0.25, 0.3) is 0 Å². The standard InChI is InChI=1S/C18H25FO5/c19-16-8-12-5-13(9-16)18(14(6-12)10-16)22-17(23-24-18)3-1-11(2-4-17)7-15(20)21/h11-14H,1-10H2,(H,20,21)/t11?,12?,13-,14+,16?,17?,18?. The van der Waals surface area contributed by atoms with Gasteiger partial charge in [-0.15, -0.1) is 0 Å². The zero-order valence-corrected chi connectivity index (χ0v) is 13.8. The van der Waals surface area contributed by atoms with Gasteiger partial charge < -0.3 is 9.84 Å². The summed E-state index contributed by atoms with van der Waals surface area (Å²) in [6.45, 7) is 0. The Hall–Kier alpha value is -0.720. The van der Waals surface area contributed by atoms with Crippen molar-refractivity contribution >= 4 is 5.97 Å². The Morgan fingerprint density at radius 3 is 2.33 bits per heavy atom. The Morgan fingerprint density at radius 1 is 1.08 bits per heavy atom. The van der Waals surface area contributed by atoms with Crippen molar-refractivity contribution < 1.29 is 28.8 Å². The van der Waals surface area contributed by atoms with Gasteiger partial charge in [0.05, 0.1) is 0 Å². The van der Waals surface area contributed by atoms with E-state index in [1.165, 1.54) is 0 Å². The van der Waals surface area contributed by atoms with Crippen molar-refractivity contribution in [2.75, 3.05) is 0 Å². The summed E-state index contributed by atoms with van der Waals surface area (Å²) in [4.78, 5) is 22.5. The molecule has 6 rings (SSSR count). The van der Waals surface area contributed by atoms with Gasteiger partial charge in [-0.3, -0.25) is 4.79 Å². The van der Waals surface area contributed by atoms with Crippen LogP contribution in [0.15, 0.2) is 0 Å². The predicted molar refractivity (Wildman–Crippen MR) is 80.3 cm³/mol. The predicted octanol–water partition coefficient (Wildman–Crippen LogP) is 3.57. The number of rotatable bonds is 2. The fourth-order valence-corrected chi connectivity index (χ4v) is 6.35. The first-order valence-electron chi connectivity index (χ1n) is 9.38. The highest BCUT2D eigenvalue weighted by atomic mass is 19.1. The fourth-order valence-electron chi connectivity index (χ4n) is 6.35. The van der Waals surface area contributed by atoms with Gasteiger partial charge in [-0.2, -0.15) is 9.78 Å². The minimum absolute atomic E-state index is 0.0878. The summed E-state index contributed by atoms with van der Waals surface area (Å²) in [5.74, 6) is -1.42. The first kappa shape index (κ1) is 15.5. The van der Waals surface area contributed by atoms with Crippen LogP contribution in [0.4, 0.5) is 4.39 Å². The molecule has 1 aliphatic heterocycles. The lowest BCUT2D eigenvalue weighted by molar-refractivity contribution is -0.394. The molecule has 6 aliphatic rings. The molecule has 6 fully saturated rings. The van der Waals surface area contributed by atoms with E-state index in [0.29, 0.717) is 38.0 Å². The van der Waals surface area contributed by atoms with Crippen molar-refractivity contribution in [2.45, 2.75) is 81.5 Å². The number of aliphatic carboxylic acids is 1. The van der Waals surface area contributed by atoms with E-state index in [1.807, 2.05) is 0 Å². The summed E-state index contributed by atoms with van der Waals surface area (Å²) < 4.78 is 21.4. The summed E-state index contributed by atoms with van der Waals surface area (Å²) in [6, 6.07) is 0. The lowest BCUT2D eigenvalue weighted by atomic mass is 9.52. The van der Waals surface area contributed by atoms with Crippen molar-refractivity contribution in [2.24, 2.45) is 23.7 Å². The van der Waals surface area contributed by atoms with E-state index in [2.05, 4.69) is 0 Å². The molecular formula is C18H25FO5. The maximum atomic E-state index is 14.9. The Morgan fingerprint density at radius 2 is 1.75 bits per heavy atom. The third-order valence-electron chi connectivity index (χ3n) is 7.25. The second-order valence-electron chi connectivity index (χ2n) is 8.94. The van der Waals surface area contributed by atoms with E-state index in [9.17, 15) is 9.18 Å². The van der Waals surface area contributed by atoms with Gasteiger partial charge in [-0.05, 0) is 56.8 Å². The Bertz CT molecular complexity index is 540. The van der Waals surface area contributed by atoms with Crippen molar-refractivity contribution in [1.82, 2.24) is 0 Å². The molecule has 0 aromatic carbocycles. The number of carboxylic acid groups (broad SMARTS) is 1. The number of hydrogen-bond acceptors (Lipinski definition) is 4. The highest BCUT2D eigenvalue weighted by molar-refractivity contribution is 5.67. The molecule has 1 saturated heterocycles. The molecule has 5 aliphatic carbocycles. The molecule has 0 radical (unpaired) electrons. The Balaban J connectivity index is 1.32. The van der Waals surface area contributed by atoms with Crippen LogP contribution in [0.1, 0.15) is 64.2 Å². The number of ether oxygens (including phenoxy) is 1. The molecule has 0 aromatic heterocycles. The maximum absolute atomic E-state index is 14.9. The van der Waals surface area contributed by atoms with E-state index in [4.69, 9.17) is 19.6 Å². The van der Waals surface area contributed by atoms with Gasteiger partial charge in [-0.25, -0.2) is 4.39 Å². The molecule has 0 aromatic rings. The average molecular weight is 340 g/mol. The molecule has 5 atom stereocenters. The molecule has 4 bridgehead atoms. The van der Waals surface area contributed by atoms with Crippen LogP contribution in [0.3, 0.4) is 0 Å². The minimum Gasteiger partial charge on any atom is -0.481 e. The highest BCUT2D eigenvalue weighted by Gasteiger charge is 2.70. The molecular weight excluding hydrogens is 315 g/mol. The van der Waals surface area contributed by atoms with E-state index in [-0.39, 0.29) is 24.2 Å². The topological polar surface area (TPSA) is 65.0 Å². The van der Waals surface area contributed by atoms with Crippen LogP contribution >= 0.6 is 0 Å². The fraction of sp³-hybridized carbons (Fsp3) is 0.944. The lowest BCUT2D eigenvalue weighted by Crippen LogP contribution is -2.63. The number of carbonyl (C=O) groups is 1. The third-order valence-corrected chi connectivity index (χ3v) is 7.25. The van der Waals surface area contributed by atoms with Crippen LogP contribution in [0, 0.1) is 23.7 Å². The number of carboxylic acids is 1. The summed E-state index contributed by atoms with van der Waals surface area (Å²) in [7, 11) is 0. The van der Waals surface area contributed by atoms with Crippen LogP contribution in [0.5, 0.6) is 0 Å². The SMILES string of the molecule is O=C(O)CC1CCC2(CC1)OOC1(O2)[C@@H]2CC3C[C@H]1CC(F)(C3)C2. The van der Waals surface area contributed by atoms with Gasteiger partial charge in [0, 0.05) is 31.1 Å². The van der Waals surface area contributed by atoms with Crippen molar-refractivity contribution in [1.29, 1.82) is 0 Å². The second kappa shape index (κ2) is 4.92. The van der Waals surface area contributed by atoms with Crippen LogP contribution in [-0.4, -0.2) is 28.3 Å². The number of hydrogen-bond donors (Lipinski definition) is 1. The lowest BCUT2D eigenvalue weighted by Gasteiger charge is -2.59. The molecule has 24 heavy (non-hydrogen) atoms. The zero-order chi connectivity index (χ0) is 16.6. The van der Waals surface area contributed by atoms with Crippen LogP contribution in [0.2, 0.25) is 0 Å². The summed E-state index contributed by atoms with van der Waals surface area (Å²) >= 11 is 0. The van der Waals surface area contributed by atoms with E-state index >= 15 is 0 Å². The normalized spacial score (nSPS) is 55.5. The minimum atomic E-state index is -1.02. The first-order valence-corrected chi connectivity index (χ1v) is 9.38. The molecule has 1 N–H and O–H groups in total. The molecule has 5 saturated carbocycles. The van der Waals surface area contributed by atoms with E-state index in [1.54, 1.807) is 0 Å². The number of halogens is 1. The second-order valence-corrected chi connectivity index (χ2v) is 8.94. The van der Waals surface area contributed by atoms with Gasteiger partial charge in [-0.1, -0.05) is 0 Å². The summed E-state index contributed by atoms with van der Waals surface area (Å²) in [6.07, 6.45) is 6.80. The van der Waals surface area contributed by atoms with E-state index in [0.717, 1.165) is 25.7 Å². The first-order chi connectivity index (χ1) is 11.4. The van der Waals surface area contributed by atoms with Gasteiger partial charge in [0.2, 0.25) is 11.6 Å². The van der Waals surface area contributed by atoms with E-state index < -0.39 is 23.2 Å². The molecule has 134 valence electrons. The smallest absolute Gasteiger partial charge is 0.303 e. The van der Waals surface area contributed by atoms with Gasteiger partial charge >= 0.3 is 5.97 Å². The van der Waals surface area contributed by atoms with Crippen molar-refractivity contribution in [3.05, 3.63) is 0 Å². The molecule has 5 nitrogen and oxygen atoms in total. The highest BCUT2D eigenvalue weighted by Crippen LogP contribution is 2.65. The van der Waals surface area contributed by atoms with Crippen molar-refractivity contribution in [3.63, 3.8) is 0 Å². The molecule has 0 amide bonds. The maximum Gasteiger partial charge on any atom is 0.303 e. The van der Waals surface area contributed by atoms with Gasteiger partial charge in [0.15, 0.2) is 0 Å². The molecule has 2 spiro atoms. The number of alkyl halides is 1. The Labute approximate surface area is 140 Å².